The number of H-pyrrole nitrogens is 1. The number of aryl methyl sites for hydroxylation is 1. The number of amides is 1. The Morgan fingerprint density at radius 2 is 2.20 bits per heavy atom. The summed E-state index contributed by atoms with van der Waals surface area (Å²) in [6.07, 6.45) is 1.57. The number of aromatic nitrogens is 3. The van der Waals surface area contributed by atoms with E-state index in [0.717, 1.165) is 24.6 Å². The predicted octanol–water partition coefficient (Wildman–Crippen LogP) is 1.97. The molecule has 2 rings (SSSR count). The standard InChI is InChI=1S/C13H14F2N4O/c1-2-3-11-17-12(19-18-11)13(20)16-7-8-6-9(14)4-5-10(8)15/h4-6H,2-3,7H2,1H3,(H,16,20)(H,17,18,19). The molecule has 5 nitrogen and oxygen atoms in total. The lowest BCUT2D eigenvalue weighted by Gasteiger charge is -2.04. The highest BCUT2D eigenvalue weighted by Crippen LogP contribution is 2.09. The molecule has 1 aromatic carbocycles. The van der Waals surface area contributed by atoms with E-state index in [1.165, 1.54) is 0 Å². The molecule has 0 spiro atoms. The number of carbonyl (C=O) groups is 1. The molecule has 0 aliphatic carbocycles. The molecule has 0 aliphatic rings. The van der Waals surface area contributed by atoms with Crippen LogP contribution in [0.15, 0.2) is 18.2 Å². The SMILES string of the molecule is CCCc1nc(C(=O)NCc2cc(F)ccc2F)n[nH]1. The fourth-order valence-corrected chi connectivity index (χ4v) is 1.68. The van der Waals surface area contributed by atoms with Crippen molar-refractivity contribution in [1.82, 2.24) is 20.5 Å². The summed E-state index contributed by atoms with van der Waals surface area (Å²) in [5, 5.41) is 8.87. The average Bonchev–Trinajstić information content (AvgIpc) is 2.88. The first kappa shape index (κ1) is 14.1. The molecule has 0 aliphatic heterocycles. The number of aromatic amines is 1. The highest BCUT2D eigenvalue weighted by atomic mass is 19.1. The number of hydrogen-bond acceptors (Lipinski definition) is 3. The van der Waals surface area contributed by atoms with Gasteiger partial charge in [-0.05, 0) is 24.6 Å². The zero-order valence-electron chi connectivity index (χ0n) is 10.9. The highest BCUT2D eigenvalue weighted by Gasteiger charge is 2.13. The summed E-state index contributed by atoms with van der Waals surface area (Å²) in [7, 11) is 0. The quantitative estimate of drug-likeness (QED) is 0.879. The van der Waals surface area contributed by atoms with Gasteiger partial charge in [0.15, 0.2) is 0 Å². The molecule has 1 amide bonds. The van der Waals surface area contributed by atoms with E-state index < -0.39 is 17.5 Å². The molecule has 0 fully saturated rings. The summed E-state index contributed by atoms with van der Waals surface area (Å²) >= 11 is 0. The molecule has 0 unspecified atom stereocenters. The van der Waals surface area contributed by atoms with Gasteiger partial charge in [-0.1, -0.05) is 6.92 Å². The van der Waals surface area contributed by atoms with Crippen LogP contribution in [0.3, 0.4) is 0 Å². The van der Waals surface area contributed by atoms with Gasteiger partial charge in [-0.15, -0.1) is 5.10 Å². The van der Waals surface area contributed by atoms with Crippen molar-refractivity contribution < 1.29 is 13.6 Å². The molecule has 2 N–H and O–H groups in total. The molecule has 1 aromatic heterocycles. The molecule has 0 saturated heterocycles. The molecular weight excluding hydrogens is 266 g/mol. The van der Waals surface area contributed by atoms with E-state index in [9.17, 15) is 13.6 Å². The number of carbonyl (C=O) groups excluding carboxylic acids is 1. The monoisotopic (exact) mass is 280 g/mol. The maximum Gasteiger partial charge on any atom is 0.291 e. The first-order valence-electron chi connectivity index (χ1n) is 6.23. The van der Waals surface area contributed by atoms with Gasteiger partial charge in [0.25, 0.3) is 5.91 Å². The van der Waals surface area contributed by atoms with Crippen LogP contribution in [0.1, 0.15) is 35.4 Å². The highest BCUT2D eigenvalue weighted by molar-refractivity contribution is 5.90. The second kappa shape index (κ2) is 6.23. The Morgan fingerprint density at radius 1 is 1.40 bits per heavy atom. The Balaban J connectivity index is 1.99. The molecule has 0 atom stereocenters. The Labute approximate surface area is 114 Å². The normalized spacial score (nSPS) is 10.6. The topological polar surface area (TPSA) is 70.7 Å². The number of nitrogens with zero attached hydrogens (tertiary/aromatic N) is 2. The van der Waals surface area contributed by atoms with E-state index in [2.05, 4.69) is 20.5 Å². The van der Waals surface area contributed by atoms with Crippen molar-refractivity contribution in [3.05, 3.63) is 47.0 Å². The van der Waals surface area contributed by atoms with E-state index in [-0.39, 0.29) is 17.9 Å². The zero-order valence-corrected chi connectivity index (χ0v) is 10.9. The lowest BCUT2D eigenvalue weighted by Crippen LogP contribution is -2.24. The molecular formula is C13H14F2N4O. The third-order valence-corrected chi connectivity index (χ3v) is 2.67. The van der Waals surface area contributed by atoms with Crippen LogP contribution < -0.4 is 5.32 Å². The zero-order chi connectivity index (χ0) is 14.5. The third-order valence-electron chi connectivity index (χ3n) is 2.67. The van der Waals surface area contributed by atoms with Gasteiger partial charge in [-0.25, -0.2) is 13.8 Å². The van der Waals surface area contributed by atoms with Crippen LogP contribution in [0.5, 0.6) is 0 Å². The van der Waals surface area contributed by atoms with Gasteiger partial charge in [0, 0.05) is 18.5 Å². The van der Waals surface area contributed by atoms with Gasteiger partial charge in [-0.2, -0.15) is 0 Å². The average molecular weight is 280 g/mol. The minimum Gasteiger partial charge on any atom is -0.345 e. The summed E-state index contributed by atoms with van der Waals surface area (Å²) in [5.41, 5.74) is 0.0719. The van der Waals surface area contributed by atoms with E-state index in [1.807, 2.05) is 6.92 Å². The number of rotatable bonds is 5. The number of benzene rings is 1. The molecule has 1 heterocycles. The largest absolute Gasteiger partial charge is 0.345 e. The van der Waals surface area contributed by atoms with Crippen molar-refractivity contribution in [3.8, 4) is 0 Å². The number of hydrogen-bond donors (Lipinski definition) is 2. The van der Waals surface area contributed by atoms with Gasteiger partial charge in [0.2, 0.25) is 5.82 Å². The van der Waals surface area contributed by atoms with Crippen LogP contribution in [0.4, 0.5) is 8.78 Å². The summed E-state index contributed by atoms with van der Waals surface area (Å²) in [4.78, 5) is 15.8. The molecule has 0 radical (unpaired) electrons. The fraction of sp³-hybridized carbons (Fsp3) is 0.308. The Morgan fingerprint density at radius 3 is 2.95 bits per heavy atom. The van der Waals surface area contributed by atoms with Gasteiger partial charge >= 0.3 is 0 Å². The van der Waals surface area contributed by atoms with E-state index in [0.29, 0.717) is 12.2 Å². The molecule has 7 heteroatoms. The first-order chi connectivity index (χ1) is 9.60. The summed E-state index contributed by atoms with van der Waals surface area (Å²) in [6.45, 7) is 1.86. The van der Waals surface area contributed by atoms with Crippen LogP contribution in [0, 0.1) is 11.6 Å². The lowest BCUT2D eigenvalue weighted by molar-refractivity contribution is 0.0940. The molecule has 2 aromatic rings. The van der Waals surface area contributed by atoms with E-state index in [4.69, 9.17) is 0 Å². The maximum atomic E-state index is 13.4. The van der Waals surface area contributed by atoms with Gasteiger partial charge in [0.1, 0.15) is 17.5 Å². The molecule has 106 valence electrons. The van der Waals surface area contributed by atoms with Gasteiger partial charge < -0.3 is 5.32 Å². The molecule has 0 saturated carbocycles. The predicted molar refractivity (Wildman–Crippen MR) is 67.9 cm³/mol. The molecule has 0 bridgehead atoms. The van der Waals surface area contributed by atoms with Crippen molar-refractivity contribution in [2.45, 2.75) is 26.3 Å². The third kappa shape index (κ3) is 3.37. The Kier molecular flexibility index (Phi) is 4.39. The second-order valence-corrected chi connectivity index (χ2v) is 4.27. The Hall–Kier alpha value is -2.31. The summed E-state index contributed by atoms with van der Waals surface area (Å²) < 4.78 is 26.3. The lowest BCUT2D eigenvalue weighted by atomic mass is 10.2. The smallest absolute Gasteiger partial charge is 0.291 e. The minimum absolute atomic E-state index is 0.00902. The van der Waals surface area contributed by atoms with Gasteiger partial charge in [-0.3, -0.25) is 9.89 Å². The second-order valence-electron chi connectivity index (χ2n) is 4.27. The molecule has 20 heavy (non-hydrogen) atoms. The Bertz CT molecular complexity index is 612. The van der Waals surface area contributed by atoms with Crippen LogP contribution in [-0.2, 0) is 13.0 Å². The maximum absolute atomic E-state index is 13.4. The summed E-state index contributed by atoms with van der Waals surface area (Å²) in [6, 6.07) is 3.08. The van der Waals surface area contributed by atoms with Crippen LogP contribution in [-0.4, -0.2) is 21.1 Å². The van der Waals surface area contributed by atoms with Crippen LogP contribution in [0.2, 0.25) is 0 Å². The summed E-state index contributed by atoms with van der Waals surface area (Å²) in [5.74, 6) is -1.06. The van der Waals surface area contributed by atoms with E-state index >= 15 is 0 Å². The van der Waals surface area contributed by atoms with Crippen molar-refractivity contribution in [2.24, 2.45) is 0 Å². The number of nitrogens with one attached hydrogen (secondary N) is 2. The van der Waals surface area contributed by atoms with Crippen molar-refractivity contribution >= 4 is 5.91 Å². The first-order valence-corrected chi connectivity index (χ1v) is 6.23. The van der Waals surface area contributed by atoms with Crippen molar-refractivity contribution in [3.63, 3.8) is 0 Å². The minimum atomic E-state index is -0.576. The van der Waals surface area contributed by atoms with Gasteiger partial charge in [0.05, 0.1) is 0 Å². The van der Waals surface area contributed by atoms with Crippen LogP contribution in [0.25, 0.3) is 0 Å². The fourth-order valence-electron chi connectivity index (χ4n) is 1.68. The van der Waals surface area contributed by atoms with Crippen molar-refractivity contribution in [1.29, 1.82) is 0 Å². The van der Waals surface area contributed by atoms with Crippen LogP contribution >= 0.6 is 0 Å². The number of halogens is 2. The van der Waals surface area contributed by atoms with Crippen molar-refractivity contribution in [2.75, 3.05) is 0 Å². The van der Waals surface area contributed by atoms with E-state index in [1.54, 1.807) is 0 Å².